The molecular weight excluding hydrogens is 176 g/mol. The summed E-state index contributed by atoms with van der Waals surface area (Å²) < 4.78 is 0. The van der Waals surface area contributed by atoms with E-state index in [9.17, 15) is 4.79 Å². The second kappa shape index (κ2) is 4.99. The Morgan fingerprint density at radius 1 is 1.43 bits per heavy atom. The fourth-order valence-electron chi connectivity index (χ4n) is 1.91. The SMILES string of the molecule is CC(C#N)N(C)C(=O)C1CCCCC1. The van der Waals surface area contributed by atoms with Crippen molar-refractivity contribution in [2.75, 3.05) is 7.05 Å². The monoisotopic (exact) mass is 194 g/mol. The second-order valence-corrected chi connectivity index (χ2v) is 4.09. The van der Waals surface area contributed by atoms with Crippen molar-refractivity contribution in [1.82, 2.24) is 4.90 Å². The Morgan fingerprint density at radius 2 is 2.00 bits per heavy atom. The molecule has 1 unspecified atom stereocenters. The molecule has 1 rings (SSSR count). The van der Waals surface area contributed by atoms with Crippen molar-refractivity contribution in [2.45, 2.75) is 45.1 Å². The van der Waals surface area contributed by atoms with Crippen molar-refractivity contribution in [2.24, 2.45) is 5.92 Å². The van der Waals surface area contributed by atoms with Gasteiger partial charge >= 0.3 is 0 Å². The summed E-state index contributed by atoms with van der Waals surface area (Å²) in [6.45, 7) is 1.76. The molecule has 0 N–H and O–H groups in total. The Morgan fingerprint density at radius 3 is 2.50 bits per heavy atom. The third kappa shape index (κ3) is 2.47. The van der Waals surface area contributed by atoms with Crippen LogP contribution in [0.3, 0.4) is 0 Å². The van der Waals surface area contributed by atoms with E-state index in [1.54, 1.807) is 18.9 Å². The maximum absolute atomic E-state index is 11.9. The third-order valence-corrected chi connectivity index (χ3v) is 3.07. The van der Waals surface area contributed by atoms with Crippen molar-refractivity contribution in [3.8, 4) is 6.07 Å². The number of nitriles is 1. The van der Waals surface area contributed by atoms with E-state index in [0.29, 0.717) is 0 Å². The van der Waals surface area contributed by atoms with Crippen LogP contribution >= 0.6 is 0 Å². The topological polar surface area (TPSA) is 44.1 Å². The van der Waals surface area contributed by atoms with Crippen LogP contribution < -0.4 is 0 Å². The van der Waals surface area contributed by atoms with Crippen molar-refractivity contribution in [1.29, 1.82) is 5.26 Å². The molecule has 0 aliphatic heterocycles. The molecule has 0 heterocycles. The van der Waals surface area contributed by atoms with Crippen molar-refractivity contribution in [3.05, 3.63) is 0 Å². The van der Waals surface area contributed by atoms with Gasteiger partial charge in [0.15, 0.2) is 0 Å². The number of nitrogens with zero attached hydrogens (tertiary/aromatic N) is 2. The van der Waals surface area contributed by atoms with Crippen LogP contribution in [0.5, 0.6) is 0 Å². The lowest BCUT2D eigenvalue weighted by molar-refractivity contribution is -0.136. The molecule has 0 radical (unpaired) electrons. The number of rotatable bonds is 2. The smallest absolute Gasteiger partial charge is 0.226 e. The van der Waals surface area contributed by atoms with Crippen LogP contribution in [0.4, 0.5) is 0 Å². The minimum absolute atomic E-state index is 0.152. The zero-order valence-corrected chi connectivity index (χ0v) is 8.99. The van der Waals surface area contributed by atoms with E-state index < -0.39 is 0 Å². The van der Waals surface area contributed by atoms with Crippen molar-refractivity contribution in [3.63, 3.8) is 0 Å². The zero-order valence-electron chi connectivity index (χ0n) is 8.99. The molecule has 3 nitrogen and oxygen atoms in total. The Labute approximate surface area is 85.7 Å². The molecule has 0 spiro atoms. The molecule has 14 heavy (non-hydrogen) atoms. The molecule has 1 saturated carbocycles. The van der Waals surface area contributed by atoms with Gasteiger partial charge in [-0.3, -0.25) is 4.79 Å². The first-order valence-electron chi connectivity index (χ1n) is 5.33. The highest BCUT2D eigenvalue weighted by molar-refractivity contribution is 5.79. The van der Waals surface area contributed by atoms with Crippen LogP contribution in [-0.4, -0.2) is 23.9 Å². The summed E-state index contributed by atoms with van der Waals surface area (Å²) in [5.74, 6) is 0.322. The summed E-state index contributed by atoms with van der Waals surface area (Å²) in [7, 11) is 1.73. The van der Waals surface area contributed by atoms with Gasteiger partial charge in [0.05, 0.1) is 6.07 Å². The molecule has 0 aromatic carbocycles. The van der Waals surface area contributed by atoms with Crippen LogP contribution in [-0.2, 0) is 4.79 Å². The van der Waals surface area contributed by atoms with E-state index in [1.165, 1.54) is 6.42 Å². The first kappa shape index (κ1) is 11.0. The normalized spacial score (nSPS) is 19.8. The number of carbonyl (C=O) groups excluding carboxylic acids is 1. The van der Waals surface area contributed by atoms with Crippen LogP contribution in [0.15, 0.2) is 0 Å². The first-order chi connectivity index (χ1) is 6.66. The highest BCUT2D eigenvalue weighted by atomic mass is 16.2. The average molecular weight is 194 g/mol. The summed E-state index contributed by atoms with van der Waals surface area (Å²) in [4.78, 5) is 13.5. The lowest BCUT2D eigenvalue weighted by atomic mass is 9.88. The van der Waals surface area contributed by atoms with Crippen LogP contribution in [0.25, 0.3) is 0 Å². The maximum atomic E-state index is 11.9. The van der Waals surface area contributed by atoms with Gasteiger partial charge in [-0.15, -0.1) is 0 Å². The van der Waals surface area contributed by atoms with E-state index in [0.717, 1.165) is 25.7 Å². The zero-order chi connectivity index (χ0) is 10.6. The third-order valence-electron chi connectivity index (χ3n) is 3.07. The highest BCUT2D eigenvalue weighted by Crippen LogP contribution is 2.25. The molecule has 1 aliphatic rings. The predicted molar refractivity (Wildman–Crippen MR) is 54.4 cm³/mol. The average Bonchev–Trinajstić information content (AvgIpc) is 2.27. The molecule has 3 heteroatoms. The van der Waals surface area contributed by atoms with Gasteiger partial charge < -0.3 is 4.90 Å². The molecule has 0 aromatic heterocycles. The van der Waals surface area contributed by atoms with Crippen molar-refractivity contribution < 1.29 is 4.79 Å². The maximum Gasteiger partial charge on any atom is 0.226 e. The van der Waals surface area contributed by atoms with Crippen LogP contribution in [0, 0.1) is 17.2 Å². The molecule has 1 atom stereocenters. The van der Waals surface area contributed by atoms with E-state index in [1.807, 2.05) is 0 Å². The van der Waals surface area contributed by atoms with Crippen molar-refractivity contribution >= 4 is 5.91 Å². The van der Waals surface area contributed by atoms with Gasteiger partial charge in [-0.1, -0.05) is 19.3 Å². The minimum atomic E-state index is -0.301. The van der Waals surface area contributed by atoms with E-state index >= 15 is 0 Å². The van der Waals surface area contributed by atoms with Gasteiger partial charge in [0.2, 0.25) is 5.91 Å². The standard InChI is InChI=1S/C11H18N2O/c1-9(8-12)13(2)11(14)10-6-4-3-5-7-10/h9-10H,3-7H2,1-2H3. The summed E-state index contributed by atoms with van der Waals surface area (Å²) in [6.07, 6.45) is 5.57. The Hall–Kier alpha value is -1.04. The van der Waals surface area contributed by atoms with Gasteiger partial charge in [-0.2, -0.15) is 5.26 Å². The van der Waals surface area contributed by atoms with E-state index in [2.05, 4.69) is 6.07 Å². The summed E-state index contributed by atoms with van der Waals surface area (Å²) in [5, 5.41) is 8.71. The molecule has 1 amide bonds. The van der Waals surface area contributed by atoms with Gasteiger partial charge in [-0.05, 0) is 19.8 Å². The fraction of sp³-hybridized carbons (Fsp3) is 0.818. The van der Waals surface area contributed by atoms with Crippen LogP contribution in [0.2, 0.25) is 0 Å². The van der Waals surface area contributed by atoms with E-state index in [-0.39, 0.29) is 17.9 Å². The quantitative estimate of drug-likeness (QED) is 0.674. The summed E-state index contributed by atoms with van der Waals surface area (Å²) in [5.41, 5.74) is 0. The van der Waals surface area contributed by atoms with Gasteiger partial charge in [0.25, 0.3) is 0 Å². The highest BCUT2D eigenvalue weighted by Gasteiger charge is 2.26. The summed E-state index contributed by atoms with van der Waals surface area (Å²) in [6, 6.07) is 1.79. The number of hydrogen-bond donors (Lipinski definition) is 0. The van der Waals surface area contributed by atoms with Gasteiger partial charge in [0, 0.05) is 13.0 Å². The van der Waals surface area contributed by atoms with Crippen LogP contribution in [0.1, 0.15) is 39.0 Å². The predicted octanol–water partition coefficient (Wildman–Crippen LogP) is 1.94. The Kier molecular flexibility index (Phi) is 3.94. The molecule has 0 bridgehead atoms. The Bertz CT molecular complexity index is 238. The van der Waals surface area contributed by atoms with E-state index in [4.69, 9.17) is 5.26 Å². The number of hydrogen-bond acceptors (Lipinski definition) is 2. The first-order valence-corrected chi connectivity index (χ1v) is 5.33. The molecule has 78 valence electrons. The lowest BCUT2D eigenvalue weighted by Crippen LogP contribution is -2.39. The molecule has 1 fully saturated rings. The lowest BCUT2D eigenvalue weighted by Gasteiger charge is -2.27. The second-order valence-electron chi connectivity index (χ2n) is 4.09. The minimum Gasteiger partial charge on any atom is -0.330 e. The molecule has 0 saturated heterocycles. The fourth-order valence-corrected chi connectivity index (χ4v) is 1.91. The number of carbonyl (C=O) groups is 1. The molecular formula is C11H18N2O. The largest absolute Gasteiger partial charge is 0.330 e. The summed E-state index contributed by atoms with van der Waals surface area (Å²) >= 11 is 0. The van der Waals surface area contributed by atoms with Gasteiger partial charge in [-0.25, -0.2) is 0 Å². The van der Waals surface area contributed by atoms with Gasteiger partial charge in [0.1, 0.15) is 6.04 Å². The molecule has 0 aromatic rings. The molecule has 1 aliphatic carbocycles. The Balaban J connectivity index is 2.51. The number of amides is 1.